The number of aromatic nitrogens is 1. The lowest BCUT2D eigenvalue weighted by molar-refractivity contribution is -0.325. The number of nitrogens with zero attached hydrogens (tertiary/aromatic N) is 2. The third-order valence-corrected chi connectivity index (χ3v) is 4.51. The molecule has 0 bridgehead atoms. The van der Waals surface area contributed by atoms with Crippen LogP contribution in [0.5, 0.6) is 0 Å². The van der Waals surface area contributed by atoms with E-state index in [-0.39, 0.29) is 12.4 Å². The van der Waals surface area contributed by atoms with Crippen LogP contribution in [0.1, 0.15) is 25.8 Å². The molecule has 2 amide bonds. The molecule has 1 saturated heterocycles. The number of aliphatic hydroxyl groups is 1. The second kappa shape index (κ2) is 7.65. The van der Waals surface area contributed by atoms with E-state index in [9.17, 15) is 27.9 Å². The first-order valence-corrected chi connectivity index (χ1v) is 8.25. The fraction of sp³-hybridized carbons (Fsp3) is 0.471. The summed E-state index contributed by atoms with van der Waals surface area (Å²) in [5.74, 6) is -1.01. The van der Waals surface area contributed by atoms with E-state index in [1.54, 1.807) is 13.8 Å². The molecule has 0 aromatic carbocycles. The van der Waals surface area contributed by atoms with Gasteiger partial charge in [0.15, 0.2) is 0 Å². The van der Waals surface area contributed by atoms with E-state index >= 15 is 0 Å². The minimum Gasteiger partial charge on any atom is -0.395 e. The second-order valence-corrected chi connectivity index (χ2v) is 6.97. The van der Waals surface area contributed by atoms with Gasteiger partial charge in [0, 0.05) is 12.7 Å². The first kappa shape index (κ1) is 20.8. The third-order valence-electron chi connectivity index (χ3n) is 4.51. The Labute approximate surface area is 154 Å². The second-order valence-electron chi connectivity index (χ2n) is 6.97. The molecule has 0 unspecified atom stereocenters. The van der Waals surface area contributed by atoms with Gasteiger partial charge in [-0.1, -0.05) is 0 Å². The number of alkyl halides is 3. The molecule has 27 heavy (non-hydrogen) atoms. The van der Waals surface area contributed by atoms with Crippen LogP contribution in [-0.2, 0) is 15.8 Å². The molecule has 1 aromatic rings. The molecule has 148 valence electrons. The van der Waals surface area contributed by atoms with E-state index < -0.39 is 35.0 Å². The number of hydrogen-bond acceptors (Lipinski definition) is 5. The van der Waals surface area contributed by atoms with Crippen molar-refractivity contribution in [2.24, 2.45) is 5.41 Å². The van der Waals surface area contributed by atoms with Gasteiger partial charge < -0.3 is 15.7 Å². The number of halogens is 3. The molecule has 1 aromatic heterocycles. The number of pyridine rings is 1. The van der Waals surface area contributed by atoms with Crippen LogP contribution in [0.2, 0.25) is 0 Å². The summed E-state index contributed by atoms with van der Waals surface area (Å²) in [5, 5.41) is 11.5. The molecule has 2 heterocycles. The van der Waals surface area contributed by atoms with Crippen LogP contribution < -0.4 is 16.0 Å². The monoisotopic (exact) mass is 387 g/mol. The number of amides is 2. The maximum Gasteiger partial charge on any atom is 0.417 e. The number of quaternary nitrogens is 1. The number of imide groups is 1. The van der Waals surface area contributed by atoms with E-state index in [1.807, 2.05) is 0 Å². The van der Waals surface area contributed by atoms with Crippen molar-refractivity contribution in [2.45, 2.75) is 32.5 Å². The van der Waals surface area contributed by atoms with Gasteiger partial charge in [-0.15, -0.1) is 0 Å². The molecule has 10 heteroatoms. The zero-order chi connectivity index (χ0) is 20.4. The summed E-state index contributed by atoms with van der Waals surface area (Å²) in [6, 6.07) is 1.41. The van der Waals surface area contributed by atoms with Crippen LogP contribution in [0, 0.1) is 5.41 Å². The largest absolute Gasteiger partial charge is 0.417 e. The number of nitrogens with one attached hydrogen (secondary N) is 1. The van der Waals surface area contributed by atoms with Crippen molar-refractivity contribution in [3.63, 3.8) is 0 Å². The zero-order valence-electron chi connectivity index (χ0n) is 15.0. The summed E-state index contributed by atoms with van der Waals surface area (Å²) < 4.78 is 37.8. The molecule has 0 aliphatic carbocycles. The Morgan fingerprint density at radius 2 is 2.07 bits per heavy atom. The van der Waals surface area contributed by atoms with Crippen LogP contribution in [0.4, 0.5) is 19.0 Å². The number of carbonyl (C=O) groups excluding carboxylic acids is 2. The Morgan fingerprint density at radius 3 is 2.52 bits per heavy atom. The van der Waals surface area contributed by atoms with E-state index in [2.05, 4.69) is 16.0 Å². The average molecular weight is 387 g/mol. The van der Waals surface area contributed by atoms with Gasteiger partial charge in [0.1, 0.15) is 17.6 Å². The minimum absolute atomic E-state index is 0.209. The molecule has 5 N–H and O–H groups in total. The van der Waals surface area contributed by atoms with Gasteiger partial charge in [0.05, 0.1) is 23.7 Å². The molecule has 1 aliphatic rings. The predicted octanol–water partition coefficient (Wildman–Crippen LogP) is 0.466. The molecule has 1 fully saturated rings. The Bertz CT molecular complexity index is 745. The SMILES string of the molecule is CC(C)(CO)C([NH3+])=CC(=O)NC(=O)[C@@H]1CCN1c1ccc(C(F)(F)F)cn1. The van der Waals surface area contributed by atoms with Gasteiger partial charge in [0.25, 0.3) is 5.91 Å². The van der Waals surface area contributed by atoms with E-state index in [0.29, 0.717) is 24.9 Å². The highest BCUT2D eigenvalue weighted by Crippen LogP contribution is 2.31. The Balaban J connectivity index is 2.01. The van der Waals surface area contributed by atoms with Crippen molar-refractivity contribution < 1.29 is 33.6 Å². The van der Waals surface area contributed by atoms with E-state index in [1.165, 1.54) is 11.0 Å². The van der Waals surface area contributed by atoms with Crippen molar-refractivity contribution in [3.8, 4) is 0 Å². The molecule has 2 rings (SSSR count). The maximum absolute atomic E-state index is 12.6. The maximum atomic E-state index is 12.6. The first-order chi connectivity index (χ1) is 12.5. The van der Waals surface area contributed by atoms with Gasteiger partial charge in [-0.05, 0) is 32.4 Å². The summed E-state index contributed by atoms with van der Waals surface area (Å²) in [7, 11) is 0. The molecular weight excluding hydrogens is 365 g/mol. The third kappa shape index (κ3) is 4.83. The fourth-order valence-corrected chi connectivity index (χ4v) is 2.35. The fourth-order valence-electron chi connectivity index (χ4n) is 2.35. The predicted molar refractivity (Wildman–Crippen MR) is 90.0 cm³/mol. The molecule has 0 radical (unpaired) electrons. The minimum atomic E-state index is -4.48. The number of aliphatic hydroxyl groups excluding tert-OH is 1. The summed E-state index contributed by atoms with van der Waals surface area (Å²) in [6.07, 6.45) is -2.18. The highest BCUT2D eigenvalue weighted by atomic mass is 19.4. The van der Waals surface area contributed by atoms with Crippen molar-refractivity contribution in [2.75, 3.05) is 18.1 Å². The Morgan fingerprint density at radius 1 is 1.41 bits per heavy atom. The lowest BCUT2D eigenvalue weighted by atomic mass is 9.90. The smallest absolute Gasteiger partial charge is 0.395 e. The Hall–Kier alpha value is -2.46. The highest BCUT2D eigenvalue weighted by Gasteiger charge is 2.37. The lowest BCUT2D eigenvalue weighted by Gasteiger charge is -2.40. The number of rotatable bonds is 5. The van der Waals surface area contributed by atoms with Gasteiger partial charge in [-0.25, -0.2) is 4.98 Å². The van der Waals surface area contributed by atoms with Crippen molar-refractivity contribution >= 4 is 17.6 Å². The highest BCUT2D eigenvalue weighted by molar-refractivity contribution is 6.04. The molecule has 1 atom stereocenters. The summed E-state index contributed by atoms with van der Waals surface area (Å²) in [4.78, 5) is 29.5. The van der Waals surface area contributed by atoms with Gasteiger partial charge in [0.2, 0.25) is 5.91 Å². The molecule has 0 saturated carbocycles. The molecule has 1 aliphatic heterocycles. The number of carbonyl (C=O) groups is 2. The lowest BCUT2D eigenvalue weighted by Crippen LogP contribution is -2.58. The van der Waals surface area contributed by atoms with Crippen LogP contribution >= 0.6 is 0 Å². The van der Waals surface area contributed by atoms with Crippen LogP contribution in [0.25, 0.3) is 0 Å². The summed E-state index contributed by atoms with van der Waals surface area (Å²) in [6.45, 7) is 3.63. The van der Waals surface area contributed by atoms with Crippen molar-refractivity contribution in [1.82, 2.24) is 10.3 Å². The van der Waals surface area contributed by atoms with Crippen LogP contribution in [-0.4, -0.2) is 41.1 Å². The van der Waals surface area contributed by atoms with Crippen LogP contribution in [0.15, 0.2) is 30.1 Å². The normalized spacial score (nSPS) is 18.1. The number of anilines is 1. The van der Waals surface area contributed by atoms with E-state index in [0.717, 1.165) is 12.1 Å². The van der Waals surface area contributed by atoms with Crippen molar-refractivity contribution in [3.05, 3.63) is 35.7 Å². The molecule has 7 nitrogen and oxygen atoms in total. The molecular formula is C17H22F3N4O3+. The van der Waals surface area contributed by atoms with Gasteiger partial charge >= 0.3 is 6.18 Å². The summed E-state index contributed by atoms with van der Waals surface area (Å²) in [5.41, 5.74) is 2.51. The van der Waals surface area contributed by atoms with Gasteiger partial charge in [-0.2, -0.15) is 13.2 Å². The average Bonchev–Trinajstić information content (AvgIpc) is 2.53. The molecule has 0 spiro atoms. The standard InChI is InChI=1S/C17H21F3N4O3/c1-16(2,9-25)12(21)7-14(26)23-15(27)11-5-6-24(11)13-4-3-10(8-22-13)17(18,19)20/h3-4,7-8,11,25H,5-6,9,21H2,1-2H3,(H,23,26,27)/p+1/t11-/m0/s1. The summed E-state index contributed by atoms with van der Waals surface area (Å²) >= 11 is 0. The topological polar surface area (TPSA) is 110 Å². The van der Waals surface area contributed by atoms with Crippen LogP contribution in [0.3, 0.4) is 0 Å². The van der Waals surface area contributed by atoms with Gasteiger partial charge in [-0.3, -0.25) is 14.9 Å². The van der Waals surface area contributed by atoms with Crippen molar-refractivity contribution in [1.29, 1.82) is 0 Å². The number of hydrogen-bond donors (Lipinski definition) is 3. The van der Waals surface area contributed by atoms with E-state index in [4.69, 9.17) is 0 Å². The Kier molecular flexibility index (Phi) is 5.91. The zero-order valence-corrected chi connectivity index (χ0v) is 15.0. The first-order valence-electron chi connectivity index (χ1n) is 8.25. The quantitative estimate of drug-likeness (QED) is 0.636.